The van der Waals surface area contributed by atoms with Crippen molar-refractivity contribution < 1.29 is 9.31 Å². The molecule has 0 aromatic heterocycles. The molecule has 1 atom stereocenters. The lowest BCUT2D eigenvalue weighted by atomic mass is 10.1. The minimum absolute atomic E-state index is 0.0129. The lowest BCUT2D eigenvalue weighted by Crippen LogP contribution is -2.10. The van der Waals surface area contributed by atoms with Gasteiger partial charge in [0.15, 0.2) is 0 Å². The summed E-state index contributed by atoms with van der Waals surface area (Å²) in [5, 5.41) is 18.9. The number of nitro groups is 1. The van der Waals surface area contributed by atoms with Gasteiger partial charge in [-0.3, -0.25) is 10.1 Å². The number of hydrogen-bond donors (Lipinski definition) is 1. The first-order valence-corrected chi connectivity index (χ1v) is 3.65. The van der Waals surface area contributed by atoms with Gasteiger partial charge in [0.25, 0.3) is 5.69 Å². The molecule has 1 rings (SSSR count). The Balaban J connectivity index is 3.30. The van der Waals surface area contributed by atoms with Crippen LogP contribution in [-0.2, 0) is 0 Å². The van der Waals surface area contributed by atoms with Gasteiger partial charge >= 0.3 is 0 Å². The Morgan fingerprint density at radius 1 is 1.64 bits per heavy atom. The van der Waals surface area contributed by atoms with Crippen LogP contribution in [0.15, 0.2) is 18.2 Å². The molecule has 0 saturated carbocycles. The zero-order chi connectivity index (χ0) is 10.7. The third-order valence-electron chi connectivity index (χ3n) is 1.66. The topological polar surface area (TPSA) is 93.0 Å². The monoisotopic (exact) mass is 195 g/mol. The lowest BCUT2D eigenvalue weighted by molar-refractivity contribution is -0.385. The summed E-state index contributed by atoms with van der Waals surface area (Å²) in [6.45, 7) is 0. The van der Waals surface area contributed by atoms with Crippen LogP contribution in [0.5, 0.6) is 0 Å². The van der Waals surface area contributed by atoms with Gasteiger partial charge < -0.3 is 5.73 Å². The summed E-state index contributed by atoms with van der Waals surface area (Å²) >= 11 is 0. The summed E-state index contributed by atoms with van der Waals surface area (Å²) in [6, 6.07) is 3.44. The predicted octanol–water partition coefficient (Wildman–Crippen LogP) is 1.26. The quantitative estimate of drug-likeness (QED) is 0.567. The summed E-state index contributed by atoms with van der Waals surface area (Å²) in [4.78, 5) is 9.70. The molecule has 0 bridgehead atoms. The molecule has 0 radical (unpaired) electrons. The molecular weight excluding hydrogens is 189 g/mol. The fourth-order valence-corrected chi connectivity index (χ4v) is 1.01. The number of benzene rings is 1. The highest BCUT2D eigenvalue weighted by Crippen LogP contribution is 2.24. The standard InChI is InChI=1S/C8H6FN3O2/c9-5-1-2-6(7(11)4-10)8(3-5)12(13)14/h1-3,7H,11H2/t7-/m1/s1. The van der Waals surface area contributed by atoms with Gasteiger partial charge in [-0.2, -0.15) is 5.26 Å². The lowest BCUT2D eigenvalue weighted by Gasteiger charge is -2.03. The van der Waals surface area contributed by atoms with Crippen molar-refractivity contribution in [3.05, 3.63) is 39.7 Å². The number of rotatable bonds is 2. The first kappa shape index (κ1) is 10.1. The third-order valence-corrected chi connectivity index (χ3v) is 1.66. The van der Waals surface area contributed by atoms with Gasteiger partial charge in [-0.25, -0.2) is 4.39 Å². The molecule has 6 heteroatoms. The number of nitrogens with two attached hydrogens (primary N) is 1. The Labute approximate surface area is 78.7 Å². The van der Waals surface area contributed by atoms with Crippen molar-refractivity contribution in [2.45, 2.75) is 6.04 Å². The second kappa shape index (κ2) is 3.81. The Hall–Kier alpha value is -2.00. The van der Waals surface area contributed by atoms with E-state index in [1.165, 1.54) is 0 Å². The highest BCUT2D eigenvalue weighted by molar-refractivity contribution is 5.44. The molecule has 0 heterocycles. The van der Waals surface area contributed by atoms with Gasteiger partial charge in [0.05, 0.1) is 22.6 Å². The predicted molar refractivity (Wildman–Crippen MR) is 45.6 cm³/mol. The van der Waals surface area contributed by atoms with E-state index >= 15 is 0 Å². The number of nitriles is 1. The van der Waals surface area contributed by atoms with Gasteiger partial charge in [-0.15, -0.1) is 0 Å². The van der Waals surface area contributed by atoms with E-state index in [0.717, 1.165) is 18.2 Å². The molecule has 0 aliphatic rings. The molecule has 14 heavy (non-hydrogen) atoms. The fraction of sp³-hybridized carbons (Fsp3) is 0.125. The minimum Gasteiger partial charge on any atom is -0.312 e. The van der Waals surface area contributed by atoms with E-state index in [2.05, 4.69) is 0 Å². The van der Waals surface area contributed by atoms with Gasteiger partial charge in [-0.05, 0) is 12.1 Å². The van der Waals surface area contributed by atoms with Gasteiger partial charge in [-0.1, -0.05) is 0 Å². The maximum Gasteiger partial charge on any atom is 0.278 e. The Morgan fingerprint density at radius 2 is 2.29 bits per heavy atom. The molecule has 0 unspecified atom stereocenters. The van der Waals surface area contributed by atoms with Crippen molar-refractivity contribution in [1.82, 2.24) is 0 Å². The van der Waals surface area contributed by atoms with Crippen molar-refractivity contribution >= 4 is 5.69 Å². The number of nitro benzene ring substituents is 1. The molecule has 2 N–H and O–H groups in total. The average Bonchev–Trinajstić information content (AvgIpc) is 2.16. The molecule has 0 fully saturated rings. The van der Waals surface area contributed by atoms with Crippen LogP contribution in [0.4, 0.5) is 10.1 Å². The zero-order valence-corrected chi connectivity index (χ0v) is 6.98. The van der Waals surface area contributed by atoms with Crippen molar-refractivity contribution in [3.63, 3.8) is 0 Å². The molecule has 1 aromatic carbocycles. The first-order chi connectivity index (χ1) is 6.56. The van der Waals surface area contributed by atoms with Crippen molar-refractivity contribution in [2.24, 2.45) is 5.73 Å². The van der Waals surface area contributed by atoms with Crippen molar-refractivity contribution in [3.8, 4) is 6.07 Å². The SMILES string of the molecule is N#C[C@@H](N)c1ccc(F)cc1[N+](=O)[O-]. The molecule has 0 aliphatic carbocycles. The summed E-state index contributed by atoms with van der Waals surface area (Å²) in [7, 11) is 0. The first-order valence-electron chi connectivity index (χ1n) is 3.65. The van der Waals surface area contributed by atoms with Crippen LogP contribution in [0.3, 0.4) is 0 Å². The van der Waals surface area contributed by atoms with Crippen LogP contribution in [0.25, 0.3) is 0 Å². The number of nitrogens with zero attached hydrogens (tertiary/aromatic N) is 2. The maximum absolute atomic E-state index is 12.6. The molecule has 0 saturated heterocycles. The Bertz CT molecular complexity index is 414. The van der Waals surface area contributed by atoms with Crippen LogP contribution >= 0.6 is 0 Å². The van der Waals surface area contributed by atoms with Crippen molar-refractivity contribution in [2.75, 3.05) is 0 Å². The molecule has 0 spiro atoms. The largest absolute Gasteiger partial charge is 0.312 e. The smallest absolute Gasteiger partial charge is 0.278 e. The van der Waals surface area contributed by atoms with Crippen LogP contribution in [-0.4, -0.2) is 4.92 Å². The van der Waals surface area contributed by atoms with E-state index < -0.39 is 22.5 Å². The van der Waals surface area contributed by atoms with Crippen molar-refractivity contribution in [1.29, 1.82) is 5.26 Å². The number of halogens is 1. The Morgan fingerprint density at radius 3 is 2.79 bits per heavy atom. The van der Waals surface area contributed by atoms with Crippen LogP contribution < -0.4 is 5.73 Å². The molecule has 0 amide bonds. The molecule has 0 aliphatic heterocycles. The summed E-state index contributed by atoms with van der Waals surface area (Å²) < 4.78 is 12.6. The van der Waals surface area contributed by atoms with Gasteiger partial charge in [0.2, 0.25) is 0 Å². The van der Waals surface area contributed by atoms with E-state index in [4.69, 9.17) is 11.0 Å². The molecule has 72 valence electrons. The van der Waals surface area contributed by atoms with E-state index in [0.29, 0.717) is 0 Å². The van der Waals surface area contributed by atoms with Crippen LogP contribution in [0.2, 0.25) is 0 Å². The zero-order valence-electron chi connectivity index (χ0n) is 6.98. The summed E-state index contributed by atoms with van der Waals surface area (Å²) in [5.41, 5.74) is 4.83. The van der Waals surface area contributed by atoms with E-state index in [1.807, 2.05) is 0 Å². The van der Waals surface area contributed by atoms with Gasteiger partial charge in [0, 0.05) is 0 Å². The molecular formula is C8H6FN3O2. The fourth-order valence-electron chi connectivity index (χ4n) is 1.01. The van der Waals surface area contributed by atoms with E-state index in [-0.39, 0.29) is 5.56 Å². The summed E-state index contributed by atoms with van der Waals surface area (Å²) in [5.74, 6) is -0.731. The van der Waals surface area contributed by atoms with Crippen LogP contribution in [0, 0.1) is 27.3 Å². The average molecular weight is 195 g/mol. The molecule has 1 aromatic rings. The molecule has 5 nitrogen and oxygen atoms in total. The minimum atomic E-state index is -1.11. The van der Waals surface area contributed by atoms with E-state index in [1.54, 1.807) is 6.07 Å². The van der Waals surface area contributed by atoms with Crippen LogP contribution in [0.1, 0.15) is 11.6 Å². The third kappa shape index (κ3) is 1.84. The van der Waals surface area contributed by atoms with Gasteiger partial charge in [0.1, 0.15) is 11.9 Å². The normalized spacial score (nSPS) is 11.8. The highest BCUT2D eigenvalue weighted by Gasteiger charge is 2.19. The highest BCUT2D eigenvalue weighted by atomic mass is 19.1. The Kier molecular flexibility index (Phi) is 2.74. The summed E-state index contributed by atoms with van der Waals surface area (Å²) in [6.07, 6.45) is 0. The van der Waals surface area contributed by atoms with E-state index in [9.17, 15) is 14.5 Å². The maximum atomic E-state index is 12.6. The second-order valence-electron chi connectivity index (χ2n) is 2.57. The second-order valence-corrected chi connectivity index (χ2v) is 2.57. The number of hydrogen-bond acceptors (Lipinski definition) is 4.